The quantitative estimate of drug-likeness (QED) is 0.569. The molecular formula is C12H19NO. The molecule has 0 saturated carbocycles. The molecule has 2 heteroatoms. The molecule has 0 aromatic rings. The third kappa shape index (κ3) is 2.17. The first-order valence-electron chi connectivity index (χ1n) is 5.11. The van der Waals surface area contributed by atoms with Crippen molar-refractivity contribution in [3.05, 3.63) is 12.7 Å². The Balaban J connectivity index is 2.88. The third-order valence-electron chi connectivity index (χ3n) is 3.06. The molecule has 14 heavy (non-hydrogen) atoms. The fourth-order valence-electron chi connectivity index (χ4n) is 2.06. The minimum atomic E-state index is -0.863. The maximum atomic E-state index is 10.4. The van der Waals surface area contributed by atoms with Crippen LogP contribution in [0.2, 0.25) is 0 Å². The average molecular weight is 193 g/mol. The monoisotopic (exact) mass is 193 g/mol. The fourth-order valence-corrected chi connectivity index (χ4v) is 2.06. The molecule has 0 spiro atoms. The van der Waals surface area contributed by atoms with Gasteiger partial charge in [0, 0.05) is 24.4 Å². The largest absolute Gasteiger partial charge is 0.377 e. The highest BCUT2D eigenvalue weighted by atomic mass is 16.3. The van der Waals surface area contributed by atoms with Crippen molar-refractivity contribution in [1.29, 1.82) is 0 Å². The molecule has 0 bridgehead atoms. The van der Waals surface area contributed by atoms with Gasteiger partial charge in [0.25, 0.3) is 0 Å². The Morgan fingerprint density at radius 2 is 2.14 bits per heavy atom. The SMILES string of the molecule is C=CC#C[C@]1(O)C[C@H](C)N[C@H](C)[C@H]1C. The maximum Gasteiger partial charge on any atom is 0.131 e. The average Bonchev–Trinajstić information content (AvgIpc) is 2.11. The highest BCUT2D eigenvalue weighted by Crippen LogP contribution is 2.29. The summed E-state index contributed by atoms with van der Waals surface area (Å²) >= 11 is 0. The van der Waals surface area contributed by atoms with Crippen LogP contribution in [0.5, 0.6) is 0 Å². The lowest BCUT2D eigenvalue weighted by molar-refractivity contribution is -0.0117. The number of hydrogen-bond donors (Lipinski definition) is 2. The Bertz CT molecular complexity index is 276. The summed E-state index contributed by atoms with van der Waals surface area (Å²) in [6.45, 7) is 9.72. The predicted octanol–water partition coefficient (Wildman–Crippen LogP) is 1.31. The lowest BCUT2D eigenvalue weighted by Crippen LogP contribution is -2.56. The molecule has 0 aliphatic carbocycles. The van der Waals surface area contributed by atoms with Gasteiger partial charge in [0.2, 0.25) is 0 Å². The standard InChI is InChI=1S/C12H19NO/c1-5-6-7-12(14)8-9(2)13-11(4)10(12)3/h5,9-11,13-14H,1,8H2,2-4H3/t9-,10+,11+,12-/m0/s1. The van der Waals surface area contributed by atoms with Gasteiger partial charge in [-0.2, -0.15) is 0 Å². The molecule has 0 amide bonds. The van der Waals surface area contributed by atoms with Crippen LogP contribution in [0.3, 0.4) is 0 Å². The molecule has 1 fully saturated rings. The second kappa shape index (κ2) is 4.16. The van der Waals surface area contributed by atoms with Crippen LogP contribution in [-0.4, -0.2) is 22.8 Å². The molecule has 2 nitrogen and oxygen atoms in total. The summed E-state index contributed by atoms with van der Waals surface area (Å²) in [4.78, 5) is 0. The molecule has 0 unspecified atom stereocenters. The van der Waals surface area contributed by atoms with Crippen LogP contribution in [0.1, 0.15) is 27.2 Å². The summed E-state index contributed by atoms with van der Waals surface area (Å²) < 4.78 is 0. The number of hydrogen-bond acceptors (Lipinski definition) is 2. The molecule has 1 saturated heterocycles. The molecule has 0 aromatic carbocycles. The van der Waals surface area contributed by atoms with Gasteiger partial charge in [-0.05, 0) is 19.9 Å². The Labute approximate surface area is 86.4 Å². The van der Waals surface area contributed by atoms with E-state index in [-0.39, 0.29) is 5.92 Å². The highest BCUT2D eigenvalue weighted by molar-refractivity contribution is 5.24. The van der Waals surface area contributed by atoms with E-state index in [0.717, 1.165) is 0 Å². The van der Waals surface area contributed by atoms with Crippen molar-refractivity contribution >= 4 is 0 Å². The minimum absolute atomic E-state index is 0.145. The first kappa shape index (κ1) is 11.3. The van der Waals surface area contributed by atoms with Gasteiger partial charge in [-0.15, -0.1) is 0 Å². The fraction of sp³-hybridized carbons (Fsp3) is 0.667. The third-order valence-corrected chi connectivity index (χ3v) is 3.06. The topological polar surface area (TPSA) is 32.3 Å². The molecule has 1 heterocycles. The number of rotatable bonds is 0. The van der Waals surface area contributed by atoms with Crippen LogP contribution in [-0.2, 0) is 0 Å². The van der Waals surface area contributed by atoms with Crippen molar-refractivity contribution in [2.45, 2.75) is 44.9 Å². The summed E-state index contributed by atoms with van der Waals surface area (Å²) in [5.41, 5.74) is -0.863. The molecule has 0 radical (unpaired) electrons. The van der Waals surface area contributed by atoms with Gasteiger partial charge in [0.1, 0.15) is 5.60 Å². The van der Waals surface area contributed by atoms with E-state index < -0.39 is 5.60 Å². The van der Waals surface area contributed by atoms with Gasteiger partial charge in [-0.1, -0.05) is 25.3 Å². The zero-order valence-corrected chi connectivity index (χ0v) is 9.17. The summed E-state index contributed by atoms with van der Waals surface area (Å²) in [7, 11) is 0. The van der Waals surface area contributed by atoms with Gasteiger partial charge < -0.3 is 10.4 Å². The Kier molecular flexibility index (Phi) is 3.36. The molecule has 4 atom stereocenters. The van der Waals surface area contributed by atoms with E-state index in [0.29, 0.717) is 18.5 Å². The van der Waals surface area contributed by atoms with Gasteiger partial charge in [0.05, 0.1) is 0 Å². The van der Waals surface area contributed by atoms with E-state index in [1.807, 2.05) is 6.92 Å². The number of nitrogens with one attached hydrogen (secondary N) is 1. The minimum Gasteiger partial charge on any atom is -0.377 e. The van der Waals surface area contributed by atoms with Crippen molar-refractivity contribution in [3.8, 4) is 11.8 Å². The van der Waals surface area contributed by atoms with Gasteiger partial charge in [-0.25, -0.2) is 0 Å². The van der Waals surface area contributed by atoms with Crippen LogP contribution in [0.15, 0.2) is 12.7 Å². The predicted molar refractivity (Wildman–Crippen MR) is 58.8 cm³/mol. The molecule has 2 N–H and O–H groups in total. The van der Waals surface area contributed by atoms with E-state index in [2.05, 4.69) is 37.6 Å². The van der Waals surface area contributed by atoms with E-state index >= 15 is 0 Å². The Hall–Kier alpha value is -0.780. The Morgan fingerprint density at radius 1 is 1.50 bits per heavy atom. The van der Waals surface area contributed by atoms with Crippen LogP contribution >= 0.6 is 0 Å². The van der Waals surface area contributed by atoms with Crippen LogP contribution < -0.4 is 5.32 Å². The van der Waals surface area contributed by atoms with E-state index in [4.69, 9.17) is 0 Å². The first-order valence-corrected chi connectivity index (χ1v) is 5.11. The molecule has 1 rings (SSSR count). The number of piperidine rings is 1. The van der Waals surface area contributed by atoms with E-state index in [9.17, 15) is 5.11 Å². The second-order valence-electron chi connectivity index (χ2n) is 4.25. The van der Waals surface area contributed by atoms with Crippen LogP contribution in [0.25, 0.3) is 0 Å². The summed E-state index contributed by atoms with van der Waals surface area (Å²) in [6.07, 6.45) is 2.21. The summed E-state index contributed by atoms with van der Waals surface area (Å²) in [6, 6.07) is 0.605. The van der Waals surface area contributed by atoms with Crippen LogP contribution in [0.4, 0.5) is 0 Å². The lowest BCUT2D eigenvalue weighted by Gasteiger charge is -2.42. The number of aliphatic hydroxyl groups is 1. The van der Waals surface area contributed by atoms with E-state index in [1.165, 1.54) is 6.08 Å². The summed E-state index contributed by atoms with van der Waals surface area (Å²) in [5.74, 6) is 5.82. The van der Waals surface area contributed by atoms with Crippen molar-refractivity contribution in [1.82, 2.24) is 5.32 Å². The summed E-state index contributed by atoms with van der Waals surface area (Å²) in [5, 5.41) is 13.8. The maximum absolute atomic E-state index is 10.4. The van der Waals surface area contributed by atoms with Crippen LogP contribution in [0, 0.1) is 17.8 Å². The van der Waals surface area contributed by atoms with Gasteiger partial charge >= 0.3 is 0 Å². The molecular weight excluding hydrogens is 174 g/mol. The normalized spacial score (nSPS) is 42.4. The number of allylic oxidation sites excluding steroid dienone is 1. The lowest BCUT2D eigenvalue weighted by atomic mass is 9.76. The van der Waals surface area contributed by atoms with Gasteiger partial charge in [-0.3, -0.25) is 0 Å². The van der Waals surface area contributed by atoms with Crippen molar-refractivity contribution in [3.63, 3.8) is 0 Å². The zero-order chi connectivity index (χ0) is 10.8. The molecule has 1 aliphatic rings. The Morgan fingerprint density at radius 3 is 2.71 bits per heavy atom. The van der Waals surface area contributed by atoms with Gasteiger partial charge in [0.15, 0.2) is 0 Å². The first-order chi connectivity index (χ1) is 6.49. The zero-order valence-electron chi connectivity index (χ0n) is 9.17. The second-order valence-corrected chi connectivity index (χ2v) is 4.25. The van der Waals surface area contributed by atoms with Crippen molar-refractivity contribution < 1.29 is 5.11 Å². The molecule has 1 aliphatic heterocycles. The smallest absolute Gasteiger partial charge is 0.131 e. The molecule has 78 valence electrons. The molecule has 0 aromatic heterocycles. The van der Waals surface area contributed by atoms with E-state index in [1.54, 1.807) is 0 Å². The van der Waals surface area contributed by atoms with Crippen molar-refractivity contribution in [2.24, 2.45) is 5.92 Å². The highest BCUT2D eigenvalue weighted by Gasteiger charge is 2.41. The van der Waals surface area contributed by atoms with Crippen molar-refractivity contribution in [2.75, 3.05) is 0 Å².